The Morgan fingerprint density at radius 2 is 1.74 bits per heavy atom. The van der Waals surface area contributed by atoms with Crippen LogP contribution in [0.25, 0.3) is 0 Å². The molecular weight excluding hydrogens is 691 g/mol. The third-order valence-electron chi connectivity index (χ3n) is 11.2. The van der Waals surface area contributed by atoms with Gasteiger partial charge in [0.05, 0.1) is 29.8 Å². The van der Waals surface area contributed by atoms with Crippen molar-refractivity contribution < 1.29 is 57.4 Å². The predicted octanol–water partition coefficient (Wildman–Crippen LogP) is 4.04. The highest BCUT2D eigenvalue weighted by atomic mass is 19.1. The van der Waals surface area contributed by atoms with Crippen molar-refractivity contribution in [1.82, 2.24) is 10.2 Å². The fraction of sp³-hybridized carbons (Fsp3) is 0.769. The first-order valence-electron chi connectivity index (χ1n) is 18.7. The number of carbonyl (C=O) groups is 3. The number of Topliss-reactive ketones (excluding diaryl/α,β-unsaturated/α-hetero) is 1. The number of hydrogen-bond donors (Lipinski definition) is 3. The van der Waals surface area contributed by atoms with E-state index in [0.29, 0.717) is 12.8 Å². The zero-order valence-corrected chi connectivity index (χ0v) is 33.3. The number of carbonyl (C=O) groups excluding carboxylic acids is 3. The number of aliphatic hydroxyl groups is 2. The Kier molecular flexibility index (Phi) is 16.2. The van der Waals surface area contributed by atoms with Crippen LogP contribution in [-0.4, -0.2) is 128 Å². The Hall–Kier alpha value is -2.72. The average molecular weight is 755 g/mol. The quantitative estimate of drug-likeness (QED) is 0.295. The molecule has 0 bridgehead atoms. The summed E-state index contributed by atoms with van der Waals surface area (Å²) in [6.07, 6.45) is -6.51. The highest BCUT2D eigenvalue weighted by Gasteiger charge is 2.52. The van der Waals surface area contributed by atoms with Gasteiger partial charge in [0.15, 0.2) is 6.29 Å². The second-order valence-electron chi connectivity index (χ2n) is 15.5. The lowest BCUT2D eigenvalue weighted by molar-refractivity contribution is -0.301. The monoisotopic (exact) mass is 754 g/mol. The van der Waals surface area contributed by atoms with Gasteiger partial charge in [-0.25, -0.2) is 9.18 Å². The molecule has 1 aromatic carbocycles. The first kappa shape index (κ1) is 44.7. The summed E-state index contributed by atoms with van der Waals surface area (Å²) in [6, 6.07) is 5.61. The number of alkyl carbamates (subject to hydrolysis) is 1. The van der Waals surface area contributed by atoms with Crippen LogP contribution >= 0.6 is 0 Å². The maximum atomic E-state index is 14.0. The molecule has 0 saturated carbocycles. The minimum atomic E-state index is -1.75. The molecule has 3 N–H and O–H groups in total. The number of aliphatic hydroxyl groups excluding tert-OH is 1. The number of ketones is 1. The zero-order chi connectivity index (χ0) is 39.8. The topological polar surface area (TPSA) is 162 Å². The van der Waals surface area contributed by atoms with Gasteiger partial charge in [-0.2, -0.15) is 0 Å². The van der Waals surface area contributed by atoms with Crippen LogP contribution in [0.5, 0.6) is 0 Å². The van der Waals surface area contributed by atoms with E-state index in [9.17, 15) is 29.0 Å². The molecular formula is C39H63FN2O11. The van der Waals surface area contributed by atoms with Crippen molar-refractivity contribution in [3.63, 3.8) is 0 Å². The van der Waals surface area contributed by atoms with E-state index in [1.54, 1.807) is 46.8 Å². The van der Waals surface area contributed by atoms with Gasteiger partial charge in [0.25, 0.3) is 0 Å². The van der Waals surface area contributed by atoms with Crippen molar-refractivity contribution in [3.8, 4) is 0 Å². The number of nitrogens with zero attached hydrogens (tertiary/aromatic N) is 1. The van der Waals surface area contributed by atoms with E-state index in [-0.39, 0.29) is 49.6 Å². The first-order valence-corrected chi connectivity index (χ1v) is 18.7. The van der Waals surface area contributed by atoms with E-state index in [0.717, 1.165) is 5.56 Å². The van der Waals surface area contributed by atoms with Gasteiger partial charge in [-0.15, -0.1) is 0 Å². The Balaban J connectivity index is 2.10. The van der Waals surface area contributed by atoms with Gasteiger partial charge in [-0.1, -0.05) is 32.9 Å². The minimum Gasteiger partial charge on any atom is -0.459 e. The summed E-state index contributed by atoms with van der Waals surface area (Å²) in [5.74, 6) is -3.90. The summed E-state index contributed by atoms with van der Waals surface area (Å²) in [7, 11) is 6.59. The third kappa shape index (κ3) is 11.2. The van der Waals surface area contributed by atoms with Crippen LogP contribution in [0.15, 0.2) is 24.3 Å². The molecule has 0 unspecified atom stereocenters. The molecule has 53 heavy (non-hydrogen) atoms. The summed E-state index contributed by atoms with van der Waals surface area (Å²) >= 11 is 0. The van der Waals surface area contributed by atoms with E-state index >= 15 is 0 Å². The van der Waals surface area contributed by atoms with Crippen molar-refractivity contribution in [2.45, 2.75) is 141 Å². The van der Waals surface area contributed by atoms with Gasteiger partial charge < -0.3 is 48.9 Å². The molecule has 0 aliphatic carbocycles. The number of esters is 1. The average Bonchev–Trinajstić information content (AvgIpc) is 3.11. The summed E-state index contributed by atoms with van der Waals surface area (Å²) in [5.41, 5.74) is -2.22. The molecule has 2 saturated heterocycles. The largest absolute Gasteiger partial charge is 0.459 e. The van der Waals surface area contributed by atoms with Gasteiger partial charge in [0.1, 0.15) is 35.5 Å². The number of likely N-dealkylation sites (N-methyl/N-ethyl adjacent to an activating group) is 1. The second kappa shape index (κ2) is 19.2. The number of hydrogen-bond acceptors (Lipinski definition) is 12. The lowest BCUT2D eigenvalue weighted by Crippen LogP contribution is -2.60. The van der Waals surface area contributed by atoms with Crippen molar-refractivity contribution >= 4 is 17.8 Å². The Morgan fingerprint density at radius 3 is 2.30 bits per heavy atom. The van der Waals surface area contributed by atoms with E-state index in [4.69, 9.17) is 28.4 Å². The fourth-order valence-corrected chi connectivity index (χ4v) is 7.74. The molecule has 0 aromatic heterocycles. The molecule has 2 heterocycles. The summed E-state index contributed by atoms with van der Waals surface area (Å²) < 4.78 is 50.1. The summed E-state index contributed by atoms with van der Waals surface area (Å²) in [5, 5.41) is 25.9. The number of nitrogens with one attached hydrogen (secondary N) is 1. The molecule has 1 amide bonds. The van der Waals surface area contributed by atoms with Crippen LogP contribution in [0.4, 0.5) is 9.18 Å². The third-order valence-corrected chi connectivity index (χ3v) is 11.2. The van der Waals surface area contributed by atoms with E-state index in [1.165, 1.54) is 33.3 Å². The lowest BCUT2D eigenvalue weighted by atomic mass is 9.76. The van der Waals surface area contributed by atoms with Crippen LogP contribution < -0.4 is 5.32 Å². The van der Waals surface area contributed by atoms with Gasteiger partial charge in [-0.3, -0.25) is 9.59 Å². The highest BCUT2D eigenvalue weighted by molar-refractivity contribution is 5.81. The molecule has 13 atom stereocenters. The number of cyclic esters (lactones) is 1. The number of methoxy groups -OCH3 is 2. The molecule has 3 rings (SSSR count). The van der Waals surface area contributed by atoms with Crippen LogP contribution in [0, 0.1) is 23.6 Å². The van der Waals surface area contributed by atoms with Gasteiger partial charge in [0, 0.05) is 45.1 Å². The van der Waals surface area contributed by atoms with Crippen molar-refractivity contribution in [2.75, 3.05) is 34.9 Å². The SMILES string of the molecule is CC[C@H]1OC(=O)[C@H](C)[C@@H](OC(=O)NCCc2ccc(F)cc2)[C@H](C)[C@@H](O[C@@H]2O[C@H](C)C[C@H](N(C)C)[C@H]2O)[C@](C)(OC)C[C@@H](C)C(=O)C[C@@H](OC)[C@]1(C)O. The Morgan fingerprint density at radius 1 is 1.09 bits per heavy atom. The van der Waals surface area contributed by atoms with Crippen LogP contribution in [0.2, 0.25) is 0 Å². The lowest BCUT2D eigenvalue weighted by Gasteiger charge is -2.48. The molecule has 13 nitrogen and oxygen atoms in total. The van der Waals surface area contributed by atoms with Gasteiger partial charge in [-0.05, 0) is 85.2 Å². The molecule has 14 heteroatoms. The highest BCUT2D eigenvalue weighted by Crippen LogP contribution is 2.39. The van der Waals surface area contributed by atoms with Crippen molar-refractivity contribution in [2.24, 2.45) is 17.8 Å². The molecule has 2 aliphatic rings. The Bertz CT molecular complexity index is 1350. The molecule has 2 fully saturated rings. The zero-order valence-electron chi connectivity index (χ0n) is 33.3. The van der Waals surface area contributed by atoms with Gasteiger partial charge >= 0.3 is 12.1 Å². The fourth-order valence-electron chi connectivity index (χ4n) is 7.74. The minimum absolute atomic E-state index is 0.123. The van der Waals surface area contributed by atoms with Crippen molar-refractivity contribution in [3.05, 3.63) is 35.6 Å². The maximum absolute atomic E-state index is 14.0. The standard InChI is InChI=1S/C39H63FN2O11/c1-12-30-39(7,47)31(48-10)20-29(43)22(2)21-38(6,49-11)34(53-36-32(44)28(42(8)9)19-23(3)50-36)24(4)33(25(5)35(45)51-30)52-37(46)41-18-17-26-13-15-27(40)16-14-26/h13-16,22-25,28,30-34,36,44,47H,12,17-21H2,1-11H3,(H,41,46)/t22-,23-,24+,25-,28+,30-,31-,32-,33+,34-,36+,38-,39-/m1/s1. The molecule has 2 aliphatic heterocycles. The second-order valence-corrected chi connectivity index (χ2v) is 15.5. The molecule has 0 spiro atoms. The molecule has 302 valence electrons. The smallest absolute Gasteiger partial charge is 0.407 e. The van der Waals surface area contributed by atoms with E-state index in [2.05, 4.69) is 5.32 Å². The number of rotatable bonds is 10. The normalized spacial score (nSPS) is 37.8. The number of halogens is 1. The number of benzene rings is 1. The number of ether oxygens (including phenoxy) is 6. The maximum Gasteiger partial charge on any atom is 0.407 e. The van der Waals surface area contributed by atoms with Gasteiger partial charge in [0.2, 0.25) is 0 Å². The molecule has 0 radical (unpaired) electrons. The van der Waals surface area contributed by atoms with Crippen LogP contribution in [0.3, 0.4) is 0 Å². The van der Waals surface area contributed by atoms with Crippen LogP contribution in [-0.2, 0) is 44.4 Å². The summed E-state index contributed by atoms with van der Waals surface area (Å²) in [4.78, 5) is 43.2. The molecule has 1 aromatic rings. The Labute approximate surface area is 314 Å². The first-order chi connectivity index (χ1) is 24.8. The van der Waals surface area contributed by atoms with Crippen LogP contribution in [0.1, 0.15) is 79.7 Å². The van der Waals surface area contributed by atoms with E-state index < -0.39 is 77.8 Å². The summed E-state index contributed by atoms with van der Waals surface area (Å²) in [6.45, 7) is 12.1. The van der Waals surface area contributed by atoms with E-state index in [1.807, 2.05) is 25.9 Å². The van der Waals surface area contributed by atoms with Crippen molar-refractivity contribution in [1.29, 1.82) is 0 Å². The predicted molar refractivity (Wildman–Crippen MR) is 194 cm³/mol. The number of amides is 1.